The highest BCUT2D eigenvalue weighted by molar-refractivity contribution is 9.09. The number of hydrogen-bond donors (Lipinski definition) is 0. The van der Waals surface area contributed by atoms with Crippen LogP contribution in [0.5, 0.6) is 0 Å². The number of alkyl halides is 6. The van der Waals surface area contributed by atoms with Gasteiger partial charge in [-0.2, -0.15) is 13.2 Å². The van der Waals surface area contributed by atoms with Gasteiger partial charge in [0, 0.05) is 27.8 Å². The standard InChI is InChI=1S/C11H8BrF5OS/c12-4-3-9(18)7-2-1-6(19-11(15,16)17)5-8(7)10(13)14/h1-2,5,10H,3-4H2. The number of carbonyl (C=O) groups is 1. The quantitative estimate of drug-likeness (QED) is 0.309. The zero-order valence-corrected chi connectivity index (χ0v) is 11.7. The Bertz CT molecular complexity index is 461. The Balaban J connectivity index is 3.11. The van der Waals surface area contributed by atoms with Crippen LogP contribution in [0.15, 0.2) is 23.1 Å². The zero-order valence-electron chi connectivity index (χ0n) is 9.31. The predicted molar refractivity (Wildman–Crippen MR) is 66.1 cm³/mol. The van der Waals surface area contributed by atoms with Crippen molar-refractivity contribution >= 4 is 33.5 Å². The van der Waals surface area contributed by atoms with Crippen molar-refractivity contribution in [2.24, 2.45) is 0 Å². The summed E-state index contributed by atoms with van der Waals surface area (Å²) in [5.74, 6) is -0.532. The summed E-state index contributed by atoms with van der Waals surface area (Å²) >= 11 is 2.51. The van der Waals surface area contributed by atoms with Gasteiger partial charge in [0.25, 0.3) is 6.43 Å². The molecule has 0 spiro atoms. The van der Waals surface area contributed by atoms with Crippen molar-refractivity contribution in [2.45, 2.75) is 23.3 Å². The van der Waals surface area contributed by atoms with Crippen molar-refractivity contribution < 1.29 is 26.7 Å². The fourth-order valence-electron chi connectivity index (χ4n) is 1.39. The van der Waals surface area contributed by atoms with Gasteiger partial charge < -0.3 is 0 Å². The molecule has 1 nitrogen and oxygen atoms in total. The Morgan fingerprint density at radius 3 is 2.42 bits per heavy atom. The van der Waals surface area contributed by atoms with Crippen molar-refractivity contribution in [3.63, 3.8) is 0 Å². The van der Waals surface area contributed by atoms with Crippen LogP contribution >= 0.6 is 27.7 Å². The van der Waals surface area contributed by atoms with Gasteiger partial charge in [0.2, 0.25) is 0 Å². The Labute approximate surface area is 118 Å². The lowest BCUT2D eigenvalue weighted by Gasteiger charge is -2.11. The lowest BCUT2D eigenvalue weighted by molar-refractivity contribution is -0.0328. The summed E-state index contributed by atoms with van der Waals surface area (Å²) in [6.45, 7) is 0. The third kappa shape index (κ3) is 5.10. The van der Waals surface area contributed by atoms with Crippen molar-refractivity contribution in [1.82, 2.24) is 0 Å². The van der Waals surface area contributed by atoms with E-state index in [2.05, 4.69) is 15.9 Å². The molecule has 8 heteroatoms. The average molecular weight is 363 g/mol. The third-order valence-electron chi connectivity index (χ3n) is 2.11. The second-order valence-electron chi connectivity index (χ2n) is 3.46. The highest BCUT2D eigenvalue weighted by atomic mass is 79.9. The van der Waals surface area contributed by atoms with Crippen LogP contribution in [0, 0.1) is 0 Å². The van der Waals surface area contributed by atoms with E-state index in [-0.39, 0.29) is 16.9 Å². The Morgan fingerprint density at radius 2 is 1.95 bits per heavy atom. The maximum atomic E-state index is 12.8. The van der Waals surface area contributed by atoms with Crippen LogP contribution in [0.3, 0.4) is 0 Å². The molecule has 0 heterocycles. The van der Waals surface area contributed by atoms with Gasteiger partial charge in [0.1, 0.15) is 0 Å². The summed E-state index contributed by atoms with van der Waals surface area (Å²) in [6.07, 6.45) is -2.99. The highest BCUT2D eigenvalue weighted by Gasteiger charge is 2.30. The molecule has 0 radical (unpaired) electrons. The van der Waals surface area contributed by atoms with Crippen molar-refractivity contribution in [2.75, 3.05) is 5.33 Å². The van der Waals surface area contributed by atoms with E-state index in [1.807, 2.05) is 0 Å². The molecule has 0 amide bonds. The minimum absolute atomic E-state index is 0.00544. The van der Waals surface area contributed by atoms with Gasteiger partial charge in [-0.15, -0.1) is 0 Å². The van der Waals surface area contributed by atoms with Crippen molar-refractivity contribution in [3.8, 4) is 0 Å². The molecule has 0 aliphatic heterocycles. The van der Waals surface area contributed by atoms with Crippen molar-refractivity contribution in [3.05, 3.63) is 29.3 Å². The fourth-order valence-corrected chi connectivity index (χ4v) is 2.34. The Morgan fingerprint density at radius 1 is 1.32 bits per heavy atom. The van der Waals surface area contributed by atoms with E-state index in [9.17, 15) is 26.7 Å². The van der Waals surface area contributed by atoms with Gasteiger partial charge >= 0.3 is 5.51 Å². The molecular weight excluding hydrogens is 355 g/mol. The van der Waals surface area contributed by atoms with Crippen LogP contribution in [-0.4, -0.2) is 16.6 Å². The summed E-state index contributed by atoms with van der Waals surface area (Å²) in [5, 5.41) is 0.299. The number of ketones is 1. The molecule has 1 rings (SSSR count). The lowest BCUT2D eigenvalue weighted by Crippen LogP contribution is -2.06. The van der Waals surface area contributed by atoms with E-state index in [0.717, 1.165) is 12.1 Å². The van der Waals surface area contributed by atoms with E-state index in [4.69, 9.17) is 0 Å². The van der Waals surface area contributed by atoms with E-state index in [0.29, 0.717) is 11.4 Å². The molecule has 0 aliphatic carbocycles. The largest absolute Gasteiger partial charge is 0.446 e. The maximum absolute atomic E-state index is 12.8. The van der Waals surface area contributed by atoms with Gasteiger partial charge in [0.05, 0.1) is 0 Å². The molecule has 0 unspecified atom stereocenters. The van der Waals surface area contributed by atoms with Crippen LogP contribution < -0.4 is 0 Å². The number of rotatable bonds is 5. The highest BCUT2D eigenvalue weighted by Crippen LogP contribution is 2.38. The molecule has 0 saturated heterocycles. The van der Waals surface area contributed by atoms with Crippen LogP contribution in [0.1, 0.15) is 28.8 Å². The SMILES string of the molecule is O=C(CCBr)c1ccc(SC(F)(F)F)cc1C(F)F. The summed E-state index contributed by atoms with van der Waals surface area (Å²) in [7, 11) is 0. The second kappa shape index (κ2) is 6.69. The summed E-state index contributed by atoms with van der Waals surface area (Å²) in [6, 6.07) is 2.75. The predicted octanol–water partition coefficient (Wildman–Crippen LogP) is 5.20. The number of benzene rings is 1. The summed E-state index contributed by atoms with van der Waals surface area (Å²) in [4.78, 5) is 11.2. The first kappa shape index (κ1) is 16.4. The number of thioether (sulfide) groups is 1. The molecule has 1 aromatic carbocycles. The summed E-state index contributed by atoms with van der Waals surface area (Å²) in [5.41, 5.74) is -5.46. The molecule has 0 saturated carbocycles. The van der Waals surface area contributed by atoms with Crippen LogP contribution in [-0.2, 0) is 0 Å². The smallest absolute Gasteiger partial charge is 0.294 e. The molecule has 0 bridgehead atoms. The van der Waals surface area contributed by atoms with E-state index in [1.54, 1.807) is 0 Å². The van der Waals surface area contributed by atoms with Gasteiger partial charge in [0.15, 0.2) is 5.78 Å². The van der Waals surface area contributed by atoms with Gasteiger partial charge in [-0.3, -0.25) is 4.79 Å². The lowest BCUT2D eigenvalue weighted by atomic mass is 10.0. The molecular formula is C11H8BrF5OS. The minimum Gasteiger partial charge on any atom is -0.294 e. The van der Waals surface area contributed by atoms with E-state index in [1.165, 1.54) is 0 Å². The molecule has 0 N–H and O–H groups in total. The molecule has 106 valence electrons. The summed E-state index contributed by atoms with van der Waals surface area (Å²) < 4.78 is 62.0. The van der Waals surface area contributed by atoms with E-state index >= 15 is 0 Å². The minimum atomic E-state index is -4.55. The Hall–Kier alpha value is -0.630. The zero-order chi connectivity index (χ0) is 14.6. The first-order valence-electron chi connectivity index (χ1n) is 5.01. The van der Waals surface area contributed by atoms with Gasteiger partial charge in [-0.05, 0) is 30.0 Å². The molecule has 1 aromatic rings. The molecule has 0 fully saturated rings. The second-order valence-corrected chi connectivity index (χ2v) is 5.39. The molecule has 0 atom stereocenters. The molecule has 0 aromatic heterocycles. The topological polar surface area (TPSA) is 17.1 Å². The van der Waals surface area contributed by atoms with Gasteiger partial charge in [-0.25, -0.2) is 8.78 Å². The number of Topliss-reactive ketones (excluding diaryl/α,β-unsaturated/α-hetero) is 1. The normalized spacial score (nSPS) is 11.9. The van der Waals surface area contributed by atoms with Crippen molar-refractivity contribution in [1.29, 1.82) is 0 Å². The monoisotopic (exact) mass is 362 g/mol. The first-order chi connectivity index (χ1) is 8.74. The number of carbonyl (C=O) groups excluding carboxylic acids is 1. The third-order valence-corrected chi connectivity index (χ3v) is 3.23. The molecule has 0 aliphatic rings. The number of hydrogen-bond acceptors (Lipinski definition) is 2. The Kier molecular flexibility index (Phi) is 5.79. The average Bonchev–Trinajstić information content (AvgIpc) is 2.26. The maximum Gasteiger partial charge on any atom is 0.446 e. The van der Waals surface area contributed by atoms with Crippen LogP contribution in [0.25, 0.3) is 0 Å². The number of halogens is 6. The molecule has 19 heavy (non-hydrogen) atoms. The first-order valence-corrected chi connectivity index (χ1v) is 6.95. The van der Waals surface area contributed by atoms with Gasteiger partial charge in [-0.1, -0.05) is 15.9 Å². The fraction of sp³-hybridized carbons (Fsp3) is 0.364. The van der Waals surface area contributed by atoms with Crippen LogP contribution in [0.4, 0.5) is 22.0 Å². The van der Waals surface area contributed by atoms with Crippen LogP contribution in [0.2, 0.25) is 0 Å². The van der Waals surface area contributed by atoms with E-state index < -0.39 is 35.0 Å².